The van der Waals surface area contributed by atoms with Gasteiger partial charge in [-0.05, 0) is 19.4 Å². The second kappa shape index (κ2) is 2.14. The van der Waals surface area contributed by atoms with Crippen LogP contribution in [0.25, 0.3) is 0 Å². The van der Waals surface area contributed by atoms with Gasteiger partial charge in [0, 0.05) is 19.0 Å². The first-order valence-corrected chi connectivity index (χ1v) is 3.59. The SMILES string of the molecule is [C]1CCN2CC=CCC12. The number of nitrogens with zero attached hydrogens (tertiary/aromatic N) is 1. The van der Waals surface area contributed by atoms with E-state index in [1.54, 1.807) is 0 Å². The molecule has 2 aliphatic rings. The molecule has 0 amide bonds. The van der Waals surface area contributed by atoms with Gasteiger partial charge in [-0.1, -0.05) is 12.2 Å². The average Bonchev–Trinajstić information content (AvgIpc) is 2.33. The summed E-state index contributed by atoms with van der Waals surface area (Å²) in [5.74, 6) is 0. The van der Waals surface area contributed by atoms with Gasteiger partial charge in [-0.2, -0.15) is 0 Å². The molecule has 0 aliphatic carbocycles. The smallest absolute Gasteiger partial charge is 0.0202 e. The van der Waals surface area contributed by atoms with Gasteiger partial charge in [-0.15, -0.1) is 0 Å². The van der Waals surface area contributed by atoms with E-state index in [0.29, 0.717) is 6.04 Å². The van der Waals surface area contributed by atoms with E-state index in [-0.39, 0.29) is 0 Å². The molecule has 0 aromatic rings. The third-order valence-electron chi connectivity index (χ3n) is 2.09. The maximum atomic E-state index is 3.43. The van der Waals surface area contributed by atoms with Gasteiger partial charge in [0.15, 0.2) is 0 Å². The Bertz CT molecular complexity index is 115. The normalized spacial score (nSPS) is 34.9. The third-order valence-corrected chi connectivity index (χ3v) is 2.09. The van der Waals surface area contributed by atoms with Crippen LogP contribution in [0.5, 0.6) is 0 Å². The molecule has 48 valence electrons. The third kappa shape index (κ3) is 0.897. The lowest BCUT2D eigenvalue weighted by Crippen LogP contribution is -2.31. The van der Waals surface area contributed by atoms with Gasteiger partial charge in [-0.3, -0.25) is 4.90 Å². The predicted molar refractivity (Wildman–Crippen MR) is 37.0 cm³/mol. The van der Waals surface area contributed by atoms with Gasteiger partial charge in [0.2, 0.25) is 0 Å². The Morgan fingerprint density at radius 1 is 1.44 bits per heavy atom. The highest BCUT2D eigenvalue weighted by atomic mass is 15.2. The number of hydrogen-bond donors (Lipinski definition) is 0. The Morgan fingerprint density at radius 3 is 3.33 bits per heavy atom. The largest absolute Gasteiger partial charge is 0.296 e. The Balaban J connectivity index is 2.07. The van der Waals surface area contributed by atoms with E-state index in [1.807, 2.05) is 0 Å². The minimum Gasteiger partial charge on any atom is -0.296 e. The monoisotopic (exact) mass is 121 g/mol. The fraction of sp³-hybridized carbons (Fsp3) is 0.625. The molecule has 0 saturated carbocycles. The van der Waals surface area contributed by atoms with Crippen LogP contribution in [-0.4, -0.2) is 24.0 Å². The summed E-state index contributed by atoms with van der Waals surface area (Å²) in [6.07, 6.45) is 10.3. The summed E-state index contributed by atoms with van der Waals surface area (Å²) in [6, 6.07) is 0.662. The van der Waals surface area contributed by atoms with Crippen LogP contribution in [0.4, 0.5) is 0 Å². The highest BCUT2D eigenvalue weighted by molar-refractivity contribution is 5.04. The highest BCUT2D eigenvalue weighted by Crippen LogP contribution is 2.21. The molecule has 2 aliphatic heterocycles. The zero-order valence-electron chi connectivity index (χ0n) is 5.51. The van der Waals surface area contributed by atoms with Crippen molar-refractivity contribution in [1.29, 1.82) is 0 Å². The minimum atomic E-state index is 0.662. The maximum Gasteiger partial charge on any atom is 0.0202 e. The number of hydrogen-bond acceptors (Lipinski definition) is 1. The summed E-state index contributed by atoms with van der Waals surface area (Å²) in [5, 5.41) is 0. The van der Waals surface area contributed by atoms with Crippen molar-refractivity contribution in [2.75, 3.05) is 13.1 Å². The van der Waals surface area contributed by atoms with Crippen LogP contribution in [0.2, 0.25) is 0 Å². The summed E-state index contributed by atoms with van der Waals surface area (Å²) in [4.78, 5) is 2.47. The number of fused-ring (bicyclic) bond motifs is 1. The Hall–Kier alpha value is -0.300. The molecule has 1 atom stereocenters. The molecule has 0 aromatic carbocycles. The lowest BCUT2D eigenvalue weighted by atomic mass is 10.1. The van der Waals surface area contributed by atoms with Crippen LogP contribution >= 0.6 is 0 Å². The van der Waals surface area contributed by atoms with Crippen LogP contribution in [-0.2, 0) is 0 Å². The van der Waals surface area contributed by atoms with Crippen LogP contribution in [0.3, 0.4) is 0 Å². The Morgan fingerprint density at radius 2 is 2.44 bits per heavy atom. The van der Waals surface area contributed by atoms with E-state index >= 15 is 0 Å². The first kappa shape index (κ1) is 5.48. The zero-order valence-corrected chi connectivity index (χ0v) is 5.51. The standard InChI is InChI=1S/C8H11N/c1-2-6-9-7-3-5-8(9)4-1/h1-2,8H,3-4,6-7H2. The predicted octanol–water partition coefficient (Wildman–Crippen LogP) is 1.10. The highest BCUT2D eigenvalue weighted by Gasteiger charge is 2.24. The van der Waals surface area contributed by atoms with E-state index in [0.717, 1.165) is 6.54 Å². The van der Waals surface area contributed by atoms with E-state index in [4.69, 9.17) is 0 Å². The van der Waals surface area contributed by atoms with Gasteiger partial charge in [0.05, 0.1) is 0 Å². The molecule has 1 heteroatoms. The fourth-order valence-electron chi connectivity index (χ4n) is 1.55. The summed E-state index contributed by atoms with van der Waals surface area (Å²) >= 11 is 0. The van der Waals surface area contributed by atoms with Crippen molar-refractivity contribution in [1.82, 2.24) is 4.90 Å². The summed E-state index contributed by atoms with van der Waals surface area (Å²) in [7, 11) is 0. The molecule has 0 bridgehead atoms. The van der Waals surface area contributed by atoms with Crippen LogP contribution in [0, 0.1) is 6.42 Å². The van der Waals surface area contributed by atoms with E-state index in [9.17, 15) is 0 Å². The molecular weight excluding hydrogens is 110 g/mol. The van der Waals surface area contributed by atoms with Gasteiger partial charge < -0.3 is 0 Å². The van der Waals surface area contributed by atoms with Crippen molar-refractivity contribution in [3.05, 3.63) is 18.6 Å². The maximum absolute atomic E-state index is 3.43. The summed E-state index contributed by atoms with van der Waals surface area (Å²) in [6.45, 7) is 2.38. The Labute approximate surface area is 56.4 Å². The van der Waals surface area contributed by atoms with Crippen molar-refractivity contribution >= 4 is 0 Å². The van der Waals surface area contributed by atoms with Crippen LogP contribution in [0.15, 0.2) is 12.2 Å². The van der Waals surface area contributed by atoms with Crippen molar-refractivity contribution in [3.63, 3.8) is 0 Å². The second-order valence-corrected chi connectivity index (χ2v) is 2.67. The molecular formula is C8H11N. The summed E-state index contributed by atoms with van der Waals surface area (Å²) in [5.41, 5.74) is 0. The van der Waals surface area contributed by atoms with Crippen molar-refractivity contribution in [3.8, 4) is 0 Å². The van der Waals surface area contributed by atoms with E-state index < -0.39 is 0 Å². The molecule has 1 fully saturated rings. The molecule has 0 spiro atoms. The topological polar surface area (TPSA) is 3.24 Å². The quantitative estimate of drug-likeness (QED) is 0.434. The molecule has 0 N–H and O–H groups in total. The molecule has 1 unspecified atom stereocenters. The van der Waals surface area contributed by atoms with Crippen LogP contribution < -0.4 is 0 Å². The first-order valence-electron chi connectivity index (χ1n) is 3.59. The van der Waals surface area contributed by atoms with Gasteiger partial charge in [0.1, 0.15) is 0 Å². The fourth-order valence-corrected chi connectivity index (χ4v) is 1.55. The first-order chi connectivity index (χ1) is 4.47. The molecule has 9 heavy (non-hydrogen) atoms. The molecule has 0 aromatic heterocycles. The van der Waals surface area contributed by atoms with Gasteiger partial charge in [-0.25, -0.2) is 0 Å². The lowest BCUT2D eigenvalue weighted by molar-refractivity contribution is 0.286. The Kier molecular flexibility index (Phi) is 1.31. The van der Waals surface area contributed by atoms with Gasteiger partial charge in [0.25, 0.3) is 0 Å². The molecule has 2 heterocycles. The second-order valence-electron chi connectivity index (χ2n) is 2.67. The molecule has 2 rings (SSSR count). The van der Waals surface area contributed by atoms with Crippen LogP contribution in [0.1, 0.15) is 12.8 Å². The average molecular weight is 121 g/mol. The van der Waals surface area contributed by atoms with E-state index in [2.05, 4.69) is 23.5 Å². The lowest BCUT2D eigenvalue weighted by Gasteiger charge is -2.24. The van der Waals surface area contributed by atoms with Crippen molar-refractivity contribution in [2.45, 2.75) is 18.9 Å². The molecule has 2 radical (unpaired) electrons. The number of rotatable bonds is 0. The summed E-state index contributed by atoms with van der Waals surface area (Å²) < 4.78 is 0. The zero-order chi connectivity index (χ0) is 6.10. The van der Waals surface area contributed by atoms with Gasteiger partial charge >= 0.3 is 0 Å². The minimum absolute atomic E-state index is 0.662. The molecule has 1 saturated heterocycles. The van der Waals surface area contributed by atoms with Crippen molar-refractivity contribution < 1.29 is 0 Å². The van der Waals surface area contributed by atoms with Crippen molar-refractivity contribution in [2.24, 2.45) is 0 Å². The van der Waals surface area contributed by atoms with E-state index in [1.165, 1.54) is 19.4 Å². The molecule has 1 nitrogen and oxygen atoms in total.